The predicted octanol–water partition coefficient (Wildman–Crippen LogP) is 1.88. The van der Waals surface area contributed by atoms with Gasteiger partial charge < -0.3 is 4.98 Å². The summed E-state index contributed by atoms with van der Waals surface area (Å²) in [6.45, 7) is 1.84. The number of rotatable bonds is 2. The molecular formula is C12H10ClN3O. The SMILES string of the molecule is Cc1ccc2c(CCCl)c(C#N)c(=O)[nH]c2n1. The van der Waals surface area contributed by atoms with Crippen LogP contribution in [0.1, 0.15) is 16.8 Å². The highest BCUT2D eigenvalue weighted by molar-refractivity contribution is 6.18. The Morgan fingerprint density at radius 2 is 2.29 bits per heavy atom. The van der Waals surface area contributed by atoms with E-state index in [0.717, 1.165) is 11.1 Å². The largest absolute Gasteiger partial charge is 0.305 e. The highest BCUT2D eigenvalue weighted by Gasteiger charge is 2.12. The first-order chi connectivity index (χ1) is 8.17. The van der Waals surface area contributed by atoms with E-state index in [1.807, 2.05) is 25.1 Å². The summed E-state index contributed by atoms with van der Waals surface area (Å²) >= 11 is 5.71. The molecule has 17 heavy (non-hydrogen) atoms. The number of hydrogen-bond acceptors (Lipinski definition) is 3. The van der Waals surface area contributed by atoms with Crippen molar-refractivity contribution in [2.45, 2.75) is 13.3 Å². The molecular weight excluding hydrogens is 238 g/mol. The van der Waals surface area contributed by atoms with Crippen LogP contribution in [0.4, 0.5) is 0 Å². The van der Waals surface area contributed by atoms with Crippen LogP contribution in [0, 0.1) is 18.3 Å². The smallest absolute Gasteiger partial charge is 0.267 e. The maximum atomic E-state index is 11.7. The number of aryl methyl sites for hydroxylation is 2. The van der Waals surface area contributed by atoms with Gasteiger partial charge >= 0.3 is 0 Å². The average Bonchev–Trinajstić information content (AvgIpc) is 2.29. The van der Waals surface area contributed by atoms with Crippen LogP contribution in [0.25, 0.3) is 11.0 Å². The lowest BCUT2D eigenvalue weighted by atomic mass is 10.0. The van der Waals surface area contributed by atoms with E-state index in [0.29, 0.717) is 23.5 Å². The van der Waals surface area contributed by atoms with E-state index >= 15 is 0 Å². The number of aromatic amines is 1. The minimum atomic E-state index is -0.404. The molecule has 2 rings (SSSR count). The van der Waals surface area contributed by atoms with E-state index in [1.165, 1.54) is 0 Å². The number of fused-ring (bicyclic) bond motifs is 1. The fraction of sp³-hybridized carbons (Fsp3) is 0.250. The molecule has 0 aliphatic rings. The summed E-state index contributed by atoms with van der Waals surface area (Å²) in [6.07, 6.45) is 0.482. The van der Waals surface area contributed by atoms with Crippen molar-refractivity contribution in [3.8, 4) is 6.07 Å². The molecule has 0 saturated heterocycles. The van der Waals surface area contributed by atoms with Crippen LogP contribution in [0.3, 0.4) is 0 Å². The number of hydrogen-bond donors (Lipinski definition) is 1. The molecule has 1 N–H and O–H groups in total. The molecule has 0 radical (unpaired) electrons. The van der Waals surface area contributed by atoms with Gasteiger partial charge in [-0.1, -0.05) is 0 Å². The highest BCUT2D eigenvalue weighted by Crippen LogP contribution is 2.18. The van der Waals surface area contributed by atoms with Crippen molar-refractivity contribution >= 4 is 22.6 Å². The molecule has 86 valence electrons. The molecule has 0 amide bonds. The van der Waals surface area contributed by atoms with Crippen LogP contribution < -0.4 is 5.56 Å². The van der Waals surface area contributed by atoms with Crippen LogP contribution in [-0.2, 0) is 6.42 Å². The first-order valence-corrected chi connectivity index (χ1v) is 5.69. The van der Waals surface area contributed by atoms with Gasteiger partial charge in [-0.3, -0.25) is 4.79 Å². The highest BCUT2D eigenvalue weighted by atomic mass is 35.5. The minimum absolute atomic E-state index is 0.129. The Morgan fingerprint density at radius 1 is 1.53 bits per heavy atom. The molecule has 0 aliphatic carbocycles. The molecule has 2 aromatic rings. The van der Waals surface area contributed by atoms with Crippen LogP contribution in [0.15, 0.2) is 16.9 Å². The van der Waals surface area contributed by atoms with Crippen LogP contribution in [0.2, 0.25) is 0 Å². The predicted molar refractivity (Wildman–Crippen MR) is 66.2 cm³/mol. The maximum absolute atomic E-state index is 11.7. The van der Waals surface area contributed by atoms with Crippen LogP contribution in [0.5, 0.6) is 0 Å². The first kappa shape index (κ1) is 11.6. The van der Waals surface area contributed by atoms with Crippen molar-refractivity contribution in [3.05, 3.63) is 39.3 Å². The van der Waals surface area contributed by atoms with Crippen LogP contribution in [-0.4, -0.2) is 15.8 Å². The molecule has 0 atom stereocenters. The van der Waals surface area contributed by atoms with E-state index in [4.69, 9.17) is 16.9 Å². The maximum Gasteiger partial charge on any atom is 0.267 e. The van der Waals surface area contributed by atoms with Crippen molar-refractivity contribution in [3.63, 3.8) is 0 Å². The van der Waals surface area contributed by atoms with Crippen molar-refractivity contribution in [1.29, 1.82) is 5.26 Å². The lowest BCUT2D eigenvalue weighted by molar-refractivity contribution is 1.10. The van der Waals surface area contributed by atoms with Crippen molar-refractivity contribution in [2.75, 3.05) is 5.88 Å². The number of H-pyrrole nitrogens is 1. The second-order valence-corrected chi connectivity index (χ2v) is 4.09. The monoisotopic (exact) mass is 247 g/mol. The molecule has 4 nitrogen and oxygen atoms in total. The van der Waals surface area contributed by atoms with Crippen molar-refractivity contribution in [1.82, 2.24) is 9.97 Å². The first-order valence-electron chi connectivity index (χ1n) is 5.16. The van der Waals surface area contributed by atoms with Gasteiger partial charge in [0.25, 0.3) is 5.56 Å². The fourth-order valence-corrected chi connectivity index (χ4v) is 2.00. The zero-order valence-electron chi connectivity index (χ0n) is 9.25. The molecule has 0 spiro atoms. The van der Waals surface area contributed by atoms with E-state index in [9.17, 15) is 4.79 Å². The standard InChI is InChI=1S/C12H10ClN3O/c1-7-2-3-9-8(4-5-13)10(6-14)12(17)16-11(9)15-7/h2-3H,4-5H2,1H3,(H,15,16,17). The molecule has 5 heteroatoms. The lowest BCUT2D eigenvalue weighted by Gasteiger charge is -2.06. The fourth-order valence-electron chi connectivity index (χ4n) is 1.81. The Labute approximate surface area is 103 Å². The van der Waals surface area contributed by atoms with E-state index in [1.54, 1.807) is 0 Å². The van der Waals surface area contributed by atoms with Gasteiger partial charge in [-0.15, -0.1) is 11.6 Å². The number of alkyl halides is 1. The van der Waals surface area contributed by atoms with Crippen LogP contribution >= 0.6 is 11.6 Å². The lowest BCUT2D eigenvalue weighted by Crippen LogP contribution is -2.15. The van der Waals surface area contributed by atoms with Gasteiger partial charge in [0.2, 0.25) is 0 Å². The Bertz CT molecular complexity index is 670. The third-order valence-electron chi connectivity index (χ3n) is 2.58. The summed E-state index contributed by atoms with van der Waals surface area (Å²) in [5, 5.41) is 9.79. The number of nitriles is 1. The molecule has 0 unspecified atom stereocenters. The Kier molecular flexibility index (Phi) is 3.12. The Balaban J connectivity index is 2.88. The molecule has 0 aromatic carbocycles. The third kappa shape index (κ3) is 2.02. The summed E-state index contributed by atoms with van der Waals surface area (Å²) < 4.78 is 0. The normalized spacial score (nSPS) is 10.4. The van der Waals surface area contributed by atoms with Gasteiger partial charge in [0, 0.05) is 17.0 Å². The van der Waals surface area contributed by atoms with E-state index in [2.05, 4.69) is 9.97 Å². The van der Waals surface area contributed by atoms with Crippen molar-refractivity contribution < 1.29 is 0 Å². The van der Waals surface area contributed by atoms with Gasteiger partial charge in [0.05, 0.1) is 0 Å². The summed E-state index contributed by atoms with van der Waals surface area (Å²) in [5.74, 6) is 0.362. The van der Waals surface area contributed by atoms with Gasteiger partial charge in [0.15, 0.2) is 0 Å². The topological polar surface area (TPSA) is 69.5 Å². The Morgan fingerprint density at radius 3 is 2.94 bits per heavy atom. The van der Waals surface area contributed by atoms with E-state index < -0.39 is 5.56 Å². The number of pyridine rings is 2. The molecule has 0 aliphatic heterocycles. The molecule has 0 bridgehead atoms. The van der Waals surface area contributed by atoms with Gasteiger partial charge in [-0.25, -0.2) is 4.98 Å². The second kappa shape index (κ2) is 4.56. The summed E-state index contributed by atoms with van der Waals surface area (Å²) in [5.41, 5.74) is 1.72. The van der Waals surface area contributed by atoms with Gasteiger partial charge in [-0.05, 0) is 31.0 Å². The minimum Gasteiger partial charge on any atom is -0.305 e. The summed E-state index contributed by atoms with van der Waals surface area (Å²) in [6, 6.07) is 5.63. The molecule has 2 heterocycles. The average molecular weight is 248 g/mol. The zero-order valence-corrected chi connectivity index (χ0v) is 10.0. The zero-order chi connectivity index (χ0) is 12.4. The van der Waals surface area contributed by atoms with Crippen molar-refractivity contribution in [2.24, 2.45) is 0 Å². The number of aromatic nitrogens is 2. The third-order valence-corrected chi connectivity index (χ3v) is 2.77. The number of nitrogens with zero attached hydrogens (tertiary/aromatic N) is 2. The van der Waals surface area contributed by atoms with Gasteiger partial charge in [0.1, 0.15) is 17.3 Å². The second-order valence-electron chi connectivity index (χ2n) is 3.71. The molecule has 0 saturated carbocycles. The van der Waals surface area contributed by atoms with E-state index in [-0.39, 0.29) is 5.56 Å². The number of nitrogens with one attached hydrogen (secondary N) is 1. The Hall–Kier alpha value is -1.86. The molecule has 0 fully saturated rings. The summed E-state index contributed by atoms with van der Waals surface area (Å²) in [4.78, 5) is 18.6. The number of halogens is 1. The van der Waals surface area contributed by atoms with Gasteiger partial charge in [-0.2, -0.15) is 5.26 Å². The molecule has 2 aromatic heterocycles. The summed E-state index contributed by atoms with van der Waals surface area (Å²) in [7, 11) is 0. The quantitative estimate of drug-likeness (QED) is 0.824.